The smallest absolute Gasteiger partial charge is 0.0954 e. The lowest BCUT2D eigenvalue weighted by atomic mass is 10.1. The van der Waals surface area contributed by atoms with Crippen LogP contribution in [-0.4, -0.2) is 32.4 Å². The molecule has 1 rings (SSSR count). The van der Waals surface area contributed by atoms with Crippen molar-refractivity contribution in [1.82, 2.24) is 5.32 Å². The first kappa shape index (κ1) is 16.6. The summed E-state index contributed by atoms with van der Waals surface area (Å²) >= 11 is 3.46. The summed E-state index contributed by atoms with van der Waals surface area (Å²) in [4.78, 5) is 0. The number of hydrogen-bond acceptors (Lipinski definition) is 3. The van der Waals surface area contributed by atoms with Crippen molar-refractivity contribution in [2.45, 2.75) is 39.0 Å². The average molecular weight is 330 g/mol. The fraction of sp³-hybridized carbons (Fsp3) is 0.600. The molecule has 0 heterocycles. The van der Waals surface area contributed by atoms with E-state index >= 15 is 0 Å². The minimum atomic E-state index is 0.0423. The Labute approximate surface area is 124 Å². The third-order valence-corrected chi connectivity index (χ3v) is 3.28. The summed E-state index contributed by atoms with van der Waals surface area (Å²) in [6.45, 7) is 7.71. The molecule has 0 aliphatic carbocycles. The van der Waals surface area contributed by atoms with Crippen LogP contribution in [0, 0.1) is 0 Å². The minimum absolute atomic E-state index is 0.0423. The molecule has 0 aliphatic heterocycles. The van der Waals surface area contributed by atoms with E-state index in [2.05, 4.69) is 47.2 Å². The minimum Gasteiger partial charge on any atom is -0.382 e. The van der Waals surface area contributed by atoms with E-state index in [-0.39, 0.29) is 12.2 Å². The number of nitrogens with one attached hydrogen (secondary N) is 1. The van der Waals surface area contributed by atoms with Crippen LogP contribution in [0.25, 0.3) is 0 Å². The zero-order valence-electron chi connectivity index (χ0n) is 12.2. The van der Waals surface area contributed by atoms with Gasteiger partial charge in [0.15, 0.2) is 0 Å². The fourth-order valence-corrected chi connectivity index (χ4v) is 2.08. The van der Waals surface area contributed by atoms with E-state index in [1.54, 1.807) is 7.11 Å². The van der Waals surface area contributed by atoms with E-state index in [0.29, 0.717) is 12.6 Å². The van der Waals surface area contributed by atoms with Crippen molar-refractivity contribution >= 4 is 15.9 Å². The Morgan fingerprint density at radius 3 is 2.32 bits per heavy atom. The predicted octanol–water partition coefficient (Wildman–Crippen LogP) is 3.54. The summed E-state index contributed by atoms with van der Waals surface area (Å²) in [5.41, 5.74) is 1.18. The van der Waals surface area contributed by atoms with E-state index < -0.39 is 0 Å². The predicted molar refractivity (Wildman–Crippen MR) is 82.4 cm³/mol. The maximum absolute atomic E-state index is 6.06. The van der Waals surface area contributed by atoms with Gasteiger partial charge >= 0.3 is 0 Å². The third-order valence-electron chi connectivity index (χ3n) is 2.75. The molecule has 4 heteroatoms. The lowest BCUT2D eigenvalue weighted by Crippen LogP contribution is -2.31. The second-order valence-electron chi connectivity index (χ2n) is 5.01. The first-order valence-electron chi connectivity index (χ1n) is 6.66. The summed E-state index contributed by atoms with van der Waals surface area (Å²) in [6, 6.07) is 8.72. The summed E-state index contributed by atoms with van der Waals surface area (Å²) in [5.74, 6) is 0. The first-order valence-corrected chi connectivity index (χ1v) is 7.45. The van der Waals surface area contributed by atoms with Gasteiger partial charge in [-0.05, 0) is 24.6 Å². The average Bonchev–Trinajstić information content (AvgIpc) is 2.35. The highest BCUT2D eigenvalue weighted by Gasteiger charge is 2.16. The van der Waals surface area contributed by atoms with Crippen molar-refractivity contribution in [2.75, 3.05) is 20.3 Å². The fourth-order valence-electron chi connectivity index (χ4n) is 1.82. The first-order chi connectivity index (χ1) is 9.02. The molecule has 3 nitrogen and oxygen atoms in total. The Bertz CT molecular complexity index is 354. The number of methoxy groups -OCH3 is 1. The molecular formula is C15H24BrNO2. The monoisotopic (exact) mass is 329 g/mol. The molecule has 0 fully saturated rings. The Kier molecular flexibility index (Phi) is 7.61. The number of hydrogen-bond donors (Lipinski definition) is 1. The van der Waals surface area contributed by atoms with Crippen molar-refractivity contribution in [3.63, 3.8) is 0 Å². The highest BCUT2D eigenvalue weighted by Crippen LogP contribution is 2.21. The van der Waals surface area contributed by atoms with Gasteiger partial charge in [-0.2, -0.15) is 0 Å². The molecule has 0 spiro atoms. The highest BCUT2D eigenvalue weighted by atomic mass is 79.9. The van der Waals surface area contributed by atoms with Gasteiger partial charge in [0.1, 0.15) is 0 Å². The van der Waals surface area contributed by atoms with Crippen molar-refractivity contribution in [1.29, 1.82) is 0 Å². The summed E-state index contributed by atoms with van der Waals surface area (Å²) < 4.78 is 12.3. The molecule has 2 atom stereocenters. The van der Waals surface area contributed by atoms with Crippen LogP contribution < -0.4 is 5.32 Å². The molecule has 19 heavy (non-hydrogen) atoms. The van der Waals surface area contributed by atoms with Gasteiger partial charge in [0.05, 0.1) is 18.8 Å². The molecule has 0 saturated carbocycles. The van der Waals surface area contributed by atoms with Crippen molar-refractivity contribution in [2.24, 2.45) is 0 Å². The van der Waals surface area contributed by atoms with Gasteiger partial charge in [-0.3, -0.25) is 0 Å². The molecule has 0 radical (unpaired) electrons. The Balaban J connectivity index is 2.70. The van der Waals surface area contributed by atoms with Gasteiger partial charge in [0.25, 0.3) is 0 Å². The quantitative estimate of drug-likeness (QED) is 0.791. The Hall–Kier alpha value is -0.420. The van der Waals surface area contributed by atoms with Gasteiger partial charge in [0.2, 0.25) is 0 Å². The largest absolute Gasteiger partial charge is 0.382 e. The maximum atomic E-state index is 6.06. The van der Waals surface area contributed by atoms with Gasteiger partial charge in [-0.25, -0.2) is 0 Å². The number of ether oxygens (including phenoxy) is 2. The molecule has 0 amide bonds. The van der Waals surface area contributed by atoms with Crippen LogP contribution in [0.2, 0.25) is 0 Å². The maximum Gasteiger partial charge on any atom is 0.0954 e. The number of benzene rings is 1. The molecule has 2 unspecified atom stereocenters. The topological polar surface area (TPSA) is 30.5 Å². The van der Waals surface area contributed by atoms with Gasteiger partial charge < -0.3 is 14.8 Å². The molecular weight excluding hydrogens is 306 g/mol. The Morgan fingerprint density at radius 2 is 1.79 bits per heavy atom. The SMILES string of the molecule is COCC(C)OC(CNC(C)C)c1ccc(Br)cc1. The second kappa shape index (κ2) is 8.69. The van der Waals surface area contributed by atoms with Crippen LogP contribution in [0.15, 0.2) is 28.7 Å². The Morgan fingerprint density at radius 1 is 1.16 bits per heavy atom. The molecule has 108 valence electrons. The van der Waals surface area contributed by atoms with Crippen LogP contribution in [0.5, 0.6) is 0 Å². The summed E-state index contributed by atoms with van der Waals surface area (Å²) in [5, 5.41) is 3.43. The highest BCUT2D eigenvalue weighted by molar-refractivity contribution is 9.10. The zero-order valence-corrected chi connectivity index (χ0v) is 13.7. The standard InChI is InChI=1S/C15H24BrNO2/c1-11(2)17-9-15(19-12(3)10-18-4)13-5-7-14(16)8-6-13/h5-8,11-12,15,17H,9-10H2,1-4H3. The molecule has 1 N–H and O–H groups in total. The van der Waals surface area contributed by atoms with E-state index in [0.717, 1.165) is 11.0 Å². The van der Waals surface area contributed by atoms with Crippen LogP contribution in [0.1, 0.15) is 32.4 Å². The lowest BCUT2D eigenvalue weighted by Gasteiger charge is -2.24. The molecule has 1 aromatic rings. The summed E-state index contributed by atoms with van der Waals surface area (Å²) in [6.07, 6.45) is 0.119. The molecule has 0 aromatic heterocycles. The number of rotatable bonds is 8. The van der Waals surface area contributed by atoms with Crippen LogP contribution in [-0.2, 0) is 9.47 Å². The molecule has 0 aliphatic rings. The second-order valence-corrected chi connectivity index (χ2v) is 5.92. The van der Waals surface area contributed by atoms with Crippen LogP contribution >= 0.6 is 15.9 Å². The van der Waals surface area contributed by atoms with Gasteiger partial charge in [-0.1, -0.05) is 41.9 Å². The van der Waals surface area contributed by atoms with E-state index in [1.807, 2.05) is 19.1 Å². The van der Waals surface area contributed by atoms with E-state index in [1.165, 1.54) is 5.56 Å². The van der Waals surface area contributed by atoms with Crippen molar-refractivity contribution in [3.8, 4) is 0 Å². The zero-order chi connectivity index (χ0) is 14.3. The van der Waals surface area contributed by atoms with E-state index in [4.69, 9.17) is 9.47 Å². The number of halogens is 1. The van der Waals surface area contributed by atoms with Gasteiger partial charge in [-0.15, -0.1) is 0 Å². The van der Waals surface area contributed by atoms with E-state index in [9.17, 15) is 0 Å². The van der Waals surface area contributed by atoms with Crippen LogP contribution in [0.3, 0.4) is 0 Å². The van der Waals surface area contributed by atoms with Crippen molar-refractivity contribution in [3.05, 3.63) is 34.3 Å². The van der Waals surface area contributed by atoms with Gasteiger partial charge in [0, 0.05) is 24.2 Å². The molecule has 0 bridgehead atoms. The third kappa shape index (κ3) is 6.52. The van der Waals surface area contributed by atoms with Crippen molar-refractivity contribution < 1.29 is 9.47 Å². The molecule has 1 aromatic carbocycles. The normalized spacial score (nSPS) is 14.6. The lowest BCUT2D eigenvalue weighted by molar-refractivity contribution is -0.0399. The van der Waals surface area contributed by atoms with Crippen LogP contribution in [0.4, 0.5) is 0 Å². The summed E-state index contributed by atoms with van der Waals surface area (Å²) in [7, 11) is 1.70. The molecule has 0 saturated heterocycles.